The van der Waals surface area contributed by atoms with E-state index in [-0.39, 0.29) is 19.5 Å². The average Bonchev–Trinajstić information content (AvgIpc) is 2.60. The maximum absolute atomic E-state index is 12.9. The van der Waals surface area contributed by atoms with Crippen LogP contribution < -0.4 is 0 Å². The van der Waals surface area contributed by atoms with Gasteiger partial charge in [-0.3, -0.25) is 9.69 Å². The molecule has 1 heterocycles. The van der Waals surface area contributed by atoms with Crippen LogP contribution in [0, 0.1) is 11.3 Å². The van der Waals surface area contributed by atoms with Gasteiger partial charge in [-0.25, -0.2) is 0 Å². The van der Waals surface area contributed by atoms with Gasteiger partial charge in [0.05, 0.1) is 17.2 Å². The number of nitriles is 1. The molecule has 0 saturated carbocycles. The van der Waals surface area contributed by atoms with Gasteiger partial charge in [0.25, 0.3) is 0 Å². The molecule has 0 radical (unpaired) electrons. The Balaban J connectivity index is 1.89. The molecule has 1 atom stereocenters. The smallest absolute Gasteiger partial charge is 0.416 e. The predicted molar refractivity (Wildman–Crippen MR) is 87.0 cm³/mol. The van der Waals surface area contributed by atoms with Crippen molar-refractivity contribution in [3.8, 4) is 6.07 Å². The first-order valence-corrected chi connectivity index (χ1v) is 7.93. The number of carboxylic acids is 1. The highest BCUT2D eigenvalue weighted by Crippen LogP contribution is 2.33. The first-order chi connectivity index (χ1) is 12.3. The lowest BCUT2D eigenvalue weighted by Gasteiger charge is -2.34. The lowest BCUT2D eigenvalue weighted by molar-refractivity contribution is -0.144. The SMILES string of the molecule is N#Cc1ccc(CN2Cc3cc(C(F)(F)F)ccc3C[C@H]2C(=O)O)cc1. The van der Waals surface area contributed by atoms with Crippen molar-refractivity contribution in [2.45, 2.75) is 31.7 Å². The highest BCUT2D eigenvalue weighted by molar-refractivity contribution is 5.74. The molecule has 26 heavy (non-hydrogen) atoms. The highest BCUT2D eigenvalue weighted by atomic mass is 19.4. The topological polar surface area (TPSA) is 64.3 Å². The molecular formula is C19H15F3N2O2. The number of benzene rings is 2. The van der Waals surface area contributed by atoms with Gasteiger partial charge < -0.3 is 5.11 Å². The maximum atomic E-state index is 12.9. The summed E-state index contributed by atoms with van der Waals surface area (Å²) in [5, 5.41) is 18.3. The van der Waals surface area contributed by atoms with Crippen LogP contribution in [-0.4, -0.2) is 22.0 Å². The van der Waals surface area contributed by atoms with Crippen molar-refractivity contribution in [3.05, 3.63) is 70.3 Å². The van der Waals surface area contributed by atoms with E-state index in [4.69, 9.17) is 5.26 Å². The van der Waals surface area contributed by atoms with Gasteiger partial charge in [0, 0.05) is 13.1 Å². The van der Waals surface area contributed by atoms with Gasteiger partial charge in [-0.2, -0.15) is 18.4 Å². The summed E-state index contributed by atoms with van der Waals surface area (Å²) in [6.07, 6.45) is -4.28. The third kappa shape index (κ3) is 3.70. The number of hydrogen-bond donors (Lipinski definition) is 1. The third-order valence-corrected chi connectivity index (χ3v) is 4.51. The molecule has 0 spiro atoms. The van der Waals surface area contributed by atoms with E-state index >= 15 is 0 Å². The van der Waals surface area contributed by atoms with E-state index in [0.717, 1.165) is 17.7 Å². The number of fused-ring (bicyclic) bond motifs is 1. The Kier molecular flexibility index (Phi) is 4.70. The number of carbonyl (C=O) groups is 1. The summed E-state index contributed by atoms with van der Waals surface area (Å²) in [5.74, 6) is -1.01. The molecule has 134 valence electrons. The Morgan fingerprint density at radius 2 is 1.88 bits per heavy atom. The summed E-state index contributed by atoms with van der Waals surface area (Å²) in [4.78, 5) is 13.3. The summed E-state index contributed by atoms with van der Waals surface area (Å²) in [7, 11) is 0. The first kappa shape index (κ1) is 18.0. The molecule has 0 fully saturated rings. The third-order valence-electron chi connectivity index (χ3n) is 4.51. The van der Waals surface area contributed by atoms with Crippen LogP contribution in [0.4, 0.5) is 13.2 Å². The van der Waals surface area contributed by atoms with Crippen LogP contribution in [0.5, 0.6) is 0 Å². The monoisotopic (exact) mass is 360 g/mol. The molecule has 0 saturated heterocycles. The van der Waals surface area contributed by atoms with Crippen molar-refractivity contribution in [1.29, 1.82) is 5.26 Å². The molecule has 0 amide bonds. The lowest BCUT2D eigenvalue weighted by Crippen LogP contribution is -2.45. The van der Waals surface area contributed by atoms with Gasteiger partial charge in [0.2, 0.25) is 0 Å². The number of rotatable bonds is 3. The molecule has 4 nitrogen and oxygen atoms in total. The van der Waals surface area contributed by atoms with Crippen LogP contribution >= 0.6 is 0 Å². The fraction of sp³-hybridized carbons (Fsp3) is 0.263. The van der Waals surface area contributed by atoms with E-state index in [1.54, 1.807) is 29.2 Å². The molecule has 3 rings (SSSR count). The Hall–Kier alpha value is -2.85. The van der Waals surface area contributed by atoms with Crippen LogP contribution in [0.15, 0.2) is 42.5 Å². The number of hydrogen-bond acceptors (Lipinski definition) is 3. The van der Waals surface area contributed by atoms with Crippen molar-refractivity contribution in [1.82, 2.24) is 4.90 Å². The zero-order valence-electron chi connectivity index (χ0n) is 13.6. The van der Waals surface area contributed by atoms with Gasteiger partial charge in [-0.15, -0.1) is 0 Å². The first-order valence-electron chi connectivity index (χ1n) is 7.93. The Morgan fingerprint density at radius 1 is 1.19 bits per heavy atom. The van der Waals surface area contributed by atoms with E-state index in [1.807, 2.05) is 6.07 Å². The maximum Gasteiger partial charge on any atom is 0.416 e. The normalized spacial score (nSPS) is 17.4. The van der Waals surface area contributed by atoms with Crippen molar-refractivity contribution < 1.29 is 23.1 Å². The molecule has 7 heteroatoms. The van der Waals surface area contributed by atoms with E-state index in [2.05, 4.69) is 0 Å². The summed E-state index contributed by atoms with van der Waals surface area (Å²) >= 11 is 0. The summed E-state index contributed by atoms with van der Waals surface area (Å²) < 4.78 is 38.8. The van der Waals surface area contributed by atoms with Crippen molar-refractivity contribution in [2.24, 2.45) is 0 Å². The van der Waals surface area contributed by atoms with Gasteiger partial charge in [0.15, 0.2) is 0 Å². The Labute approximate surface area is 148 Å². The molecule has 1 aliphatic rings. The number of nitrogens with zero attached hydrogens (tertiary/aromatic N) is 2. The van der Waals surface area contributed by atoms with E-state index in [0.29, 0.717) is 16.7 Å². The molecular weight excluding hydrogens is 345 g/mol. The predicted octanol–water partition coefficient (Wildman–Crippen LogP) is 3.59. The van der Waals surface area contributed by atoms with Crippen LogP contribution in [0.2, 0.25) is 0 Å². The van der Waals surface area contributed by atoms with Crippen molar-refractivity contribution in [3.63, 3.8) is 0 Å². The number of halogens is 3. The van der Waals surface area contributed by atoms with Gasteiger partial charge >= 0.3 is 12.1 Å². The molecule has 2 aromatic rings. The molecule has 1 N–H and O–H groups in total. The second-order valence-electron chi connectivity index (χ2n) is 6.25. The van der Waals surface area contributed by atoms with E-state index in [1.165, 1.54) is 6.07 Å². The fourth-order valence-corrected chi connectivity index (χ4v) is 3.14. The Morgan fingerprint density at radius 3 is 2.46 bits per heavy atom. The van der Waals surface area contributed by atoms with Crippen LogP contribution in [-0.2, 0) is 30.5 Å². The fourth-order valence-electron chi connectivity index (χ4n) is 3.14. The average molecular weight is 360 g/mol. The molecule has 0 aliphatic carbocycles. The zero-order valence-corrected chi connectivity index (χ0v) is 13.6. The van der Waals surface area contributed by atoms with E-state index in [9.17, 15) is 23.1 Å². The van der Waals surface area contributed by atoms with Crippen LogP contribution in [0.25, 0.3) is 0 Å². The van der Waals surface area contributed by atoms with Crippen LogP contribution in [0.1, 0.15) is 27.8 Å². The molecule has 0 bridgehead atoms. The van der Waals surface area contributed by atoms with E-state index < -0.39 is 23.8 Å². The number of aliphatic carboxylic acids is 1. The summed E-state index contributed by atoms with van der Waals surface area (Å²) in [5.41, 5.74) is 1.67. The van der Waals surface area contributed by atoms with Crippen molar-refractivity contribution in [2.75, 3.05) is 0 Å². The highest BCUT2D eigenvalue weighted by Gasteiger charge is 2.35. The molecule has 0 aromatic heterocycles. The summed E-state index contributed by atoms with van der Waals surface area (Å²) in [6, 6.07) is 11.4. The van der Waals surface area contributed by atoms with Crippen LogP contribution in [0.3, 0.4) is 0 Å². The number of carboxylic acid groups (broad SMARTS) is 1. The largest absolute Gasteiger partial charge is 0.480 e. The van der Waals surface area contributed by atoms with Gasteiger partial charge in [-0.1, -0.05) is 18.2 Å². The standard InChI is InChI=1S/C19H15F3N2O2/c20-19(21,22)16-6-5-14-8-17(18(25)26)24(11-15(14)7-16)10-13-3-1-12(9-23)2-4-13/h1-7,17H,8,10-11H2,(H,25,26)/t17-/m0/s1. The minimum Gasteiger partial charge on any atom is -0.480 e. The van der Waals surface area contributed by atoms with Gasteiger partial charge in [0.1, 0.15) is 6.04 Å². The quantitative estimate of drug-likeness (QED) is 0.909. The summed E-state index contributed by atoms with van der Waals surface area (Å²) in [6.45, 7) is 0.397. The second kappa shape index (κ2) is 6.81. The minimum absolute atomic E-state index is 0.121. The molecule has 2 aromatic carbocycles. The van der Waals surface area contributed by atoms with Crippen molar-refractivity contribution >= 4 is 5.97 Å². The lowest BCUT2D eigenvalue weighted by atomic mass is 9.92. The molecule has 1 aliphatic heterocycles. The minimum atomic E-state index is -4.43. The second-order valence-corrected chi connectivity index (χ2v) is 6.25. The molecule has 0 unspecified atom stereocenters. The Bertz CT molecular complexity index is 870. The van der Waals surface area contributed by atoms with Gasteiger partial charge in [-0.05, 0) is 47.4 Å². The number of alkyl halides is 3. The zero-order chi connectivity index (χ0) is 18.9.